The largest absolute Gasteiger partial charge is 0.452 e. The van der Waals surface area contributed by atoms with E-state index in [1.807, 2.05) is 49.4 Å². The van der Waals surface area contributed by atoms with E-state index in [-0.39, 0.29) is 11.7 Å². The minimum atomic E-state index is -0.896. The van der Waals surface area contributed by atoms with E-state index in [1.165, 1.54) is 6.92 Å². The van der Waals surface area contributed by atoms with Gasteiger partial charge in [-0.25, -0.2) is 4.98 Å². The third-order valence-electron chi connectivity index (χ3n) is 3.55. The van der Waals surface area contributed by atoms with E-state index in [0.29, 0.717) is 16.5 Å². The zero-order valence-electron chi connectivity index (χ0n) is 14.4. The first-order valence-corrected chi connectivity index (χ1v) is 9.05. The lowest BCUT2D eigenvalue weighted by Gasteiger charge is -2.13. The second-order valence-electron chi connectivity index (χ2n) is 5.73. The molecule has 3 rings (SSSR count). The maximum atomic E-state index is 12.1. The number of hydrogen-bond acceptors (Lipinski definition) is 6. The van der Waals surface area contributed by atoms with E-state index in [4.69, 9.17) is 9.15 Å². The summed E-state index contributed by atoms with van der Waals surface area (Å²) >= 11 is 1.13. The number of amides is 1. The summed E-state index contributed by atoms with van der Waals surface area (Å²) in [5.41, 5.74) is 3.09. The van der Waals surface area contributed by atoms with Gasteiger partial charge in [0.15, 0.2) is 11.7 Å². The molecule has 0 aliphatic rings. The number of para-hydroxylation sites is 2. The first kappa shape index (κ1) is 18.0. The first-order chi connectivity index (χ1) is 12.5. The maximum absolute atomic E-state index is 12.1. The third-order valence-corrected chi connectivity index (χ3v) is 4.35. The van der Waals surface area contributed by atoms with Crippen molar-refractivity contribution in [2.45, 2.75) is 25.2 Å². The molecule has 0 bridgehead atoms. The summed E-state index contributed by atoms with van der Waals surface area (Å²) in [6.45, 7) is 3.47. The number of nitrogens with zero attached hydrogens (tertiary/aromatic N) is 1. The average molecular weight is 370 g/mol. The minimum absolute atomic E-state index is 0.00882. The van der Waals surface area contributed by atoms with Gasteiger partial charge in [0.2, 0.25) is 0 Å². The van der Waals surface area contributed by atoms with Crippen LogP contribution in [-0.4, -0.2) is 28.7 Å². The van der Waals surface area contributed by atoms with Crippen molar-refractivity contribution in [3.8, 4) is 0 Å². The van der Waals surface area contributed by atoms with Crippen molar-refractivity contribution in [2.24, 2.45) is 0 Å². The molecular formula is C19H18N2O4S. The molecule has 0 radical (unpaired) electrons. The Labute approximate surface area is 154 Å². The zero-order valence-corrected chi connectivity index (χ0v) is 15.2. The highest BCUT2D eigenvalue weighted by atomic mass is 32.2. The molecule has 1 atom stereocenters. The Kier molecular flexibility index (Phi) is 5.58. The van der Waals surface area contributed by atoms with Crippen molar-refractivity contribution in [2.75, 3.05) is 11.1 Å². The summed E-state index contributed by atoms with van der Waals surface area (Å²) < 4.78 is 10.7. The Morgan fingerprint density at radius 1 is 1.23 bits per heavy atom. The van der Waals surface area contributed by atoms with Gasteiger partial charge in [0.05, 0.1) is 0 Å². The number of ether oxygens (including phenoxy) is 1. The van der Waals surface area contributed by atoms with E-state index in [2.05, 4.69) is 10.3 Å². The summed E-state index contributed by atoms with van der Waals surface area (Å²) in [5, 5.41) is 3.11. The molecule has 0 saturated carbocycles. The van der Waals surface area contributed by atoms with Crippen molar-refractivity contribution in [3.05, 3.63) is 54.1 Å². The third kappa shape index (κ3) is 4.64. The van der Waals surface area contributed by atoms with Gasteiger partial charge >= 0.3 is 5.97 Å². The van der Waals surface area contributed by atoms with Gasteiger partial charge in [0.25, 0.3) is 11.1 Å². The lowest BCUT2D eigenvalue weighted by atomic mass is 10.2. The smallest absolute Gasteiger partial charge is 0.317 e. The topological polar surface area (TPSA) is 81.4 Å². The van der Waals surface area contributed by atoms with E-state index < -0.39 is 12.1 Å². The van der Waals surface area contributed by atoms with Gasteiger partial charge in [-0.1, -0.05) is 36.0 Å². The molecule has 0 fully saturated rings. The quantitative estimate of drug-likeness (QED) is 0.525. The number of nitrogens with one attached hydrogen (secondary N) is 1. The first-order valence-electron chi connectivity index (χ1n) is 8.06. The second kappa shape index (κ2) is 8.05. The Balaban J connectivity index is 1.49. The van der Waals surface area contributed by atoms with Crippen LogP contribution in [0, 0.1) is 6.92 Å². The molecule has 1 aromatic heterocycles. The van der Waals surface area contributed by atoms with Gasteiger partial charge in [-0.05, 0) is 43.7 Å². The molecule has 26 heavy (non-hydrogen) atoms. The normalized spacial score (nSPS) is 11.9. The van der Waals surface area contributed by atoms with Gasteiger partial charge in [-0.15, -0.1) is 0 Å². The highest BCUT2D eigenvalue weighted by Gasteiger charge is 2.19. The number of rotatable bonds is 6. The number of carbonyl (C=O) groups is 2. The molecule has 0 saturated heterocycles. The van der Waals surface area contributed by atoms with Crippen LogP contribution in [-0.2, 0) is 14.3 Å². The standard InChI is InChI=1S/C19H18N2O4S/c1-12-6-5-7-14(10-12)20-18(23)13(2)24-17(22)11-26-19-21-15-8-3-4-9-16(15)25-19/h3-10,13H,11H2,1-2H3,(H,20,23). The maximum Gasteiger partial charge on any atom is 0.317 e. The number of benzene rings is 2. The van der Waals surface area contributed by atoms with Gasteiger partial charge in [-0.3, -0.25) is 9.59 Å². The second-order valence-corrected chi connectivity index (χ2v) is 6.65. The Morgan fingerprint density at radius 3 is 2.81 bits per heavy atom. The Morgan fingerprint density at radius 2 is 2.04 bits per heavy atom. The summed E-state index contributed by atoms with van der Waals surface area (Å²) in [4.78, 5) is 28.4. The molecular weight excluding hydrogens is 352 g/mol. The summed E-state index contributed by atoms with van der Waals surface area (Å²) in [6, 6.07) is 14.8. The molecule has 134 valence electrons. The Hall–Kier alpha value is -2.80. The highest BCUT2D eigenvalue weighted by Crippen LogP contribution is 2.23. The highest BCUT2D eigenvalue weighted by molar-refractivity contribution is 7.99. The van der Waals surface area contributed by atoms with E-state index in [1.54, 1.807) is 6.07 Å². The fourth-order valence-electron chi connectivity index (χ4n) is 2.28. The molecule has 2 aromatic carbocycles. The number of anilines is 1. The Bertz CT molecular complexity index is 905. The van der Waals surface area contributed by atoms with Crippen molar-refractivity contribution >= 4 is 40.4 Å². The van der Waals surface area contributed by atoms with Crippen molar-refractivity contribution in [1.29, 1.82) is 0 Å². The van der Waals surface area contributed by atoms with Crippen LogP contribution in [0.2, 0.25) is 0 Å². The molecule has 3 aromatic rings. The van der Waals surface area contributed by atoms with Gasteiger partial charge in [0, 0.05) is 5.69 Å². The molecule has 1 heterocycles. The molecule has 1 N–H and O–H groups in total. The summed E-state index contributed by atoms with van der Waals surface area (Å²) in [5.74, 6) is -0.880. The predicted molar refractivity (Wildman–Crippen MR) is 100 cm³/mol. The van der Waals surface area contributed by atoms with Gasteiger partial charge in [-0.2, -0.15) is 0 Å². The fraction of sp³-hybridized carbons (Fsp3) is 0.211. The molecule has 0 aliphatic heterocycles. The predicted octanol–water partition coefficient (Wildman–Crippen LogP) is 3.80. The van der Waals surface area contributed by atoms with Crippen LogP contribution in [0.5, 0.6) is 0 Å². The number of aryl methyl sites for hydroxylation is 1. The number of thioether (sulfide) groups is 1. The van der Waals surface area contributed by atoms with Crippen molar-refractivity contribution < 1.29 is 18.7 Å². The molecule has 1 amide bonds. The monoisotopic (exact) mass is 370 g/mol. The van der Waals surface area contributed by atoms with Crippen LogP contribution < -0.4 is 5.32 Å². The average Bonchev–Trinajstić information content (AvgIpc) is 3.03. The minimum Gasteiger partial charge on any atom is -0.452 e. The SMILES string of the molecule is Cc1cccc(NC(=O)C(C)OC(=O)CSc2nc3ccccc3o2)c1. The number of carbonyl (C=O) groups excluding carboxylic acids is 2. The lowest BCUT2D eigenvalue weighted by molar-refractivity contribution is -0.150. The molecule has 6 nitrogen and oxygen atoms in total. The number of fused-ring (bicyclic) bond motifs is 1. The number of esters is 1. The molecule has 0 spiro atoms. The van der Waals surface area contributed by atoms with Crippen molar-refractivity contribution in [1.82, 2.24) is 4.98 Å². The van der Waals surface area contributed by atoms with Crippen LogP contribution in [0.4, 0.5) is 5.69 Å². The van der Waals surface area contributed by atoms with Gasteiger partial charge < -0.3 is 14.5 Å². The van der Waals surface area contributed by atoms with Gasteiger partial charge in [0.1, 0.15) is 11.3 Å². The van der Waals surface area contributed by atoms with E-state index >= 15 is 0 Å². The zero-order chi connectivity index (χ0) is 18.5. The van der Waals surface area contributed by atoms with Crippen LogP contribution in [0.25, 0.3) is 11.1 Å². The fourth-order valence-corrected chi connectivity index (χ4v) is 2.91. The number of aromatic nitrogens is 1. The molecule has 0 aliphatic carbocycles. The number of hydrogen-bond donors (Lipinski definition) is 1. The van der Waals surface area contributed by atoms with Crippen LogP contribution in [0.15, 0.2) is 58.2 Å². The number of oxazole rings is 1. The van der Waals surface area contributed by atoms with E-state index in [0.717, 1.165) is 22.8 Å². The summed E-state index contributed by atoms with van der Waals surface area (Å²) in [6.07, 6.45) is -0.896. The summed E-state index contributed by atoms with van der Waals surface area (Å²) in [7, 11) is 0. The molecule has 1 unspecified atom stereocenters. The van der Waals surface area contributed by atoms with Crippen LogP contribution in [0.1, 0.15) is 12.5 Å². The lowest BCUT2D eigenvalue weighted by Crippen LogP contribution is -2.30. The van der Waals surface area contributed by atoms with Crippen molar-refractivity contribution in [3.63, 3.8) is 0 Å². The van der Waals surface area contributed by atoms with Crippen LogP contribution in [0.3, 0.4) is 0 Å². The molecule has 7 heteroatoms. The van der Waals surface area contributed by atoms with Crippen LogP contribution >= 0.6 is 11.8 Å². The van der Waals surface area contributed by atoms with E-state index in [9.17, 15) is 9.59 Å².